The van der Waals surface area contributed by atoms with Gasteiger partial charge in [0.15, 0.2) is 5.82 Å². The van der Waals surface area contributed by atoms with E-state index in [1.807, 2.05) is 4.52 Å². The number of piperidine rings is 1. The highest BCUT2D eigenvalue weighted by molar-refractivity contribution is 7.16. The third-order valence-electron chi connectivity index (χ3n) is 4.71. The molecular formula is C14H21N5S. The van der Waals surface area contributed by atoms with Crippen LogP contribution in [-0.4, -0.2) is 26.4 Å². The maximum absolute atomic E-state index is 4.82. The molecule has 4 rings (SSSR count). The van der Waals surface area contributed by atoms with Gasteiger partial charge in [-0.05, 0) is 38.1 Å². The minimum atomic E-state index is 0.405. The molecule has 2 atom stereocenters. The fourth-order valence-corrected chi connectivity index (χ4v) is 4.46. The summed E-state index contributed by atoms with van der Waals surface area (Å²) in [6.45, 7) is 3.43. The van der Waals surface area contributed by atoms with Gasteiger partial charge in [-0.3, -0.25) is 0 Å². The van der Waals surface area contributed by atoms with Crippen LogP contribution in [0.3, 0.4) is 0 Å². The molecule has 6 heteroatoms. The Morgan fingerprint density at radius 3 is 2.85 bits per heavy atom. The summed E-state index contributed by atoms with van der Waals surface area (Å²) in [6.07, 6.45) is 7.58. The highest BCUT2D eigenvalue weighted by atomic mass is 32.1. The predicted octanol–water partition coefficient (Wildman–Crippen LogP) is 2.90. The zero-order valence-electron chi connectivity index (χ0n) is 11.9. The van der Waals surface area contributed by atoms with Crippen molar-refractivity contribution >= 4 is 16.3 Å². The molecule has 2 aliphatic rings. The first-order valence-corrected chi connectivity index (χ1v) is 8.58. The number of rotatable bonds is 2. The summed E-state index contributed by atoms with van der Waals surface area (Å²) in [5, 5.41) is 18.3. The van der Waals surface area contributed by atoms with E-state index in [-0.39, 0.29) is 0 Å². The average molecular weight is 291 g/mol. The fourth-order valence-electron chi connectivity index (χ4n) is 3.52. The Bertz CT molecular complexity index is 598. The summed E-state index contributed by atoms with van der Waals surface area (Å²) in [7, 11) is 0. The minimum absolute atomic E-state index is 0.405. The van der Waals surface area contributed by atoms with Crippen LogP contribution < -0.4 is 5.32 Å². The monoisotopic (exact) mass is 291 g/mol. The first kappa shape index (κ1) is 12.7. The van der Waals surface area contributed by atoms with Crippen LogP contribution in [0.2, 0.25) is 0 Å². The standard InChI is InChI=1S/C14H21N5S/c1-9-6-7-15-11(8-9)13-18-19-12(10-4-2-3-5-10)16-17-14(19)20-13/h9-11,15H,2-8H2,1H3. The lowest BCUT2D eigenvalue weighted by atomic mass is 9.95. The van der Waals surface area contributed by atoms with Gasteiger partial charge >= 0.3 is 0 Å². The Hall–Kier alpha value is -1.01. The highest BCUT2D eigenvalue weighted by Crippen LogP contribution is 2.35. The molecule has 0 bridgehead atoms. The fraction of sp³-hybridized carbons (Fsp3) is 0.786. The van der Waals surface area contributed by atoms with E-state index in [9.17, 15) is 0 Å². The molecule has 20 heavy (non-hydrogen) atoms. The third-order valence-corrected chi connectivity index (χ3v) is 5.73. The first-order valence-electron chi connectivity index (χ1n) is 7.76. The number of hydrogen-bond acceptors (Lipinski definition) is 5. The molecular weight excluding hydrogens is 270 g/mol. The molecule has 0 amide bonds. The second kappa shape index (κ2) is 5.07. The summed E-state index contributed by atoms with van der Waals surface area (Å²) in [5.41, 5.74) is 0. The zero-order valence-corrected chi connectivity index (χ0v) is 12.7. The largest absolute Gasteiger partial charge is 0.308 e. The second-order valence-electron chi connectivity index (χ2n) is 6.31. The lowest BCUT2D eigenvalue weighted by Gasteiger charge is -2.26. The van der Waals surface area contributed by atoms with Crippen molar-refractivity contribution in [3.05, 3.63) is 10.8 Å². The quantitative estimate of drug-likeness (QED) is 0.924. The molecule has 0 aromatic carbocycles. The maximum atomic E-state index is 4.82. The number of hydrogen-bond donors (Lipinski definition) is 1. The van der Waals surface area contributed by atoms with Crippen LogP contribution in [0.5, 0.6) is 0 Å². The van der Waals surface area contributed by atoms with E-state index >= 15 is 0 Å². The van der Waals surface area contributed by atoms with Crippen LogP contribution in [0.4, 0.5) is 0 Å². The van der Waals surface area contributed by atoms with Gasteiger partial charge in [0.25, 0.3) is 0 Å². The predicted molar refractivity (Wildman–Crippen MR) is 79.0 cm³/mol. The van der Waals surface area contributed by atoms with Crippen molar-refractivity contribution in [2.75, 3.05) is 6.54 Å². The van der Waals surface area contributed by atoms with E-state index in [2.05, 4.69) is 22.4 Å². The van der Waals surface area contributed by atoms with Crippen LogP contribution in [0.1, 0.15) is 68.2 Å². The van der Waals surface area contributed by atoms with Crippen molar-refractivity contribution in [1.82, 2.24) is 25.1 Å². The summed E-state index contributed by atoms with van der Waals surface area (Å²) >= 11 is 1.70. The van der Waals surface area contributed by atoms with Crippen LogP contribution in [0.25, 0.3) is 4.96 Å². The number of nitrogens with zero attached hydrogens (tertiary/aromatic N) is 4. The van der Waals surface area contributed by atoms with Crippen LogP contribution in [0.15, 0.2) is 0 Å². The van der Waals surface area contributed by atoms with Crippen LogP contribution >= 0.6 is 11.3 Å². The van der Waals surface area contributed by atoms with E-state index in [1.54, 1.807) is 11.3 Å². The molecule has 5 nitrogen and oxygen atoms in total. The molecule has 2 aromatic rings. The molecule has 2 fully saturated rings. The van der Waals surface area contributed by atoms with Crippen molar-refractivity contribution in [3.63, 3.8) is 0 Å². The smallest absolute Gasteiger partial charge is 0.234 e. The molecule has 0 spiro atoms. The van der Waals surface area contributed by atoms with E-state index < -0.39 is 0 Å². The number of aromatic nitrogens is 4. The number of nitrogens with one attached hydrogen (secondary N) is 1. The minimum Gasteiger partial charge on any atom is -0.308 e. The highest BCUT2D eigenvalue weighted by Gasteiger charge is 2.27. The maximum Gasteiger partial charge on any atom is 0.234 e. The normalized spacial score (nSPS) is 28.4. The van der Waals surface area contributed by atoms with Gasteiger partial charge in [0.2, 0.25) is 4.96 Å². The Morgan fingerprint density at radius 1 is 1.20 bits per heavy atom. The molecule has 1 saturated heterocycles. The van der Waals surface area contributed by atoms with Gasteiger partial charge in [0.05, 0.1) is 6.04 Å². The van der Waals surface area contributed by atoms with E-state index in [1.165, 1.54) is 43.5 Å². The molecule has 2 unspecified atom stereocenters. The van der Waals surface area contributed by atoms with Gasteiger partial charge < -0.3 is 5.32 Å². The van der Waals surface area contributed by atoms with Crippen molar-refractivity contribution in [3.8, 4) is 0 Å². The lowest BCUT2D eigenvalue weighted by molar-refractivity contribution is 0.323. The molecule has 108 valence electrons. The van der Waals surface area contributed by atoms with Gasteiger partial charge in [-0.2, -0.15) is 9.61 Å². The van der Waals surface area contributed by atoms with E-state index in [0.29, 0.717) is 12.0 Å². The molecule has 1 aliphatic carbocycles. The topological polar surface area (TPSA) is 55.1 Å². The van der Waals surface area contributed by atoms with Gasteiger partial charge in [0.1, 0.15) is 5.01 Å². The molecule has 0 radical (unpaired) electrons. The summed E-state index contributed by atoms with van der Waals surface area (Å²) in [5.74, 6) is 2.44. The SMILES string of the molecule is CC1CCNC(c2nn3c(C4CCCC4)nnc3s2)C1. The summed E-state index contributed by atoms with van der Waals surface area (Å²) < 4.78 is 2.01. The Labute approximate surface area is 122 Å². The third kappa shape index (κ3) is 2.15. The average Bonchev–Trinajstić information content (AvgIpc) is 3.14. The van der Waals surface area contributed by atoms with Crippen LogP contribution in [-0.2, 0) is 0 Å². The summed E-state index contributed by atoms with van der Waals surface area (Å²) in [6, 6.07) is 0.405. The zero-order chi connectivity index (χ0) is 13.5. The molecule has 3 heterocycles. The van der Waals surface area contributed by atoms with Gasteiger partial charge in [-0.15, -0.1) is 10.2 Å². The van der Waals surface area contributed by atoms with Gasteiger partial charge in [-0.1, -0.05) is 31.1 Å². The van der Waals surface area contributed by atoms with Gasteiger partial charge in [-0.25, -0.2) is 0 Å². The van der Waals surface area contributed by atoms with Crippen LogP contribution in [0, 0.1) is 5.92 Å². The summed E-state index contributed by atoms with van der Waals surface area (Å²) in [4.78, 5) is 0.960. The molecule has 2 aromatic heterocycles. The second-order valence-corrected chi connectivity index (χ2v) is 7.30. The number of fused-ring (bicyclic) bond motifs is 1. The van der Waals surface area contributed by atoms with Crippen molar-refractivity contribution in [1.29, 1.82) is 0 Å². The molecule has 1 N–H and O–H groups in total. The van der Waals surface area contributed by atoms with Crippen molar-refractivity contribution in [2.45, 2.75) is 57.4 Å². The van der Waals surface area contributed by atoms with Crippen molar-refractivity contribution in [2.24, 2.45) is 5.92 Å². The van der Waals surface area contributed by atoms with E-state index in [0.717, 1.165) is 23.2 Å². The molecule has 1 saturated carbocycles. The van der Waals surface area contributed by atoms with Crippen molar-refractivity contribution < 1.29 is 0 Å². The Kier molecular flexibility index (Phi) is 3.22. The molecule has 1 aliphatic heterocycles. The van der Waals surface area contributed by atoms with Gasteiger partial charge in [0, 0.05) is 5.92 Å². The Morgan fingerprint density at radius 2 is 2.05 bits per heavy atom. The first-order chi connectivity index (χ1) is 9.81. The Balaban J connectivity index is 1.65. The van der Waals surface area contributed by atoms with E-state index in [4.69, 9.17) is 5.10 Å². The lowest BCUT2D eigenvalue weighted by Crippen LogP contribution is -2.30.